The number of aryl methyl sites for hydroxylation is 2. The van der Waals surface area contributed by atoms with E-state index in [-0.39, 0.29) is 23.3 Å². The van der Waals surface area contributed by atoms with E-state index in [4.69, 9.17) is 4.74 Å². The highest BCUT2D eigenvalue weighted by atomic mass is 32.2. The Morgan fingerprint density at radius 2 is 1.74 bits per heavy atom. The van der Waals surface area contributed by atoms with E-state index in [1.54, 1.807) is 35.6 Å². The lowest BCUT2D eigenvalue weighted by Crippen LogP contribution is -2.42. The second-order valence-electron chi connectivity index (χ2n) is 8.15. The standard InChI is InChI=1S/C23H26N2O4S2/c1-15-4-5-16(2)22-21(15)24-23(30-22)29-18-10-12-25(13-11-18)20(26)14-17-6-8-19(9-7-17)31(3,27)28/h4-9,18H,10-14H2,1-3H3. The second-order valence-corrected chi connectivity index (χ2v) is 11.1. The van der Waals surface area contributed by atoms with E-state index in [0.29, 0.717) is 18.3 Å². The summed E-state index contributed by atoms with van der Waals surface area (Å²) in [5.74, 6) is 0.0526. The molecule has 2 heterocycles. The highest BCUT2D eigenvalue weighted by Gasteiger charge is 2.25. The third-order valence-electron chi connectivity index (χ3n) is 5.69. The van der Waals surface area contributed by atoms with Gasteiger partial charge < -0.3 is 9.64 Å². The molecule has 0 unspecified atom stereocenters. The van der Waals surface area contributed by atoms with Crippen LogP contribution in [0.3, 0.4) is 0 Å². The van der Waals surface area contributed by atoms with E-state index in [2.05, 4.69) is 31.0 Å². The Morgan fingerprint density at radius 1 is 1.10 bits per heavy atom. The first kappa shape index (κ1) is 21.8. The van der Waals surface area contributed by atoms with Crippen LogP contribution >= 0.6 is 11.3 Å². The summed E-state index contributed by atoms with van der Waals surface area (Å²) in [4.78, 5) is 19.5. The highest BCUT2D eigenvalue weighted by Crippen LogP contribution is 2.33. The Labute approximate surface area is 186 Å². The van der Waals surface area contributed by atoms with Gasteiger partial charge in [0.2, 0.25) is 5.91 Å². The number of likely N-dealkylation sites (tertiary alicyclic amines) is 1. The van der Waals surface area contributed by atoms with E-state index in [9.17, 15) is 13.2 Å². The number of hydrogen-bond donors (Lipinski definition) is 0. The molecular formula is C23H26N2O4S2. The number of hydrogen-bond acceptors (Lipinski definition) is 6. The molecule has 1 saturated heterocycles. The number of thiazole rings is 1. The largest absolute Gasteiger partial charge is 0.467 e. The van der Waals surface area contributed by atoms with Gasteiger partial charge >= 0.3 is 0 Å². The van der Waals surface area contributed by atoms with Crippen molar-refractivity contribution in [2.24, 2.45) is 0 Å². The van der Waals surface area contributed by atoms with Crippen LogP contribution in [-0.4, -0.2) is 49.7 Å². The van der Waals surface area contributed by atoms with Gasteiger partial charge in [-0.2, -0.15) is 0 Å². The fourth-order valence-corrected chi connectivity index (χ4v) is 5.46. The van der Waals surface area contributed by atoms with Crippen LogP contribution in [0.2, 0.25) is 0 Å². The summed E-state index contributed by atoms with van der Waals surface area (Å²) in [6.45, 7) is 5.44. The van der Waals surface area contributed by atoms with Crippen molar-refractivity contribution in [2.45, 2.75) is 44.1 Å². The SMILES string of the molecule is Cc1ccc(C)c2sc(OC3CCN(C(=O)Cc4ccc(S(C)(=O)=O)cc4)CC3)nc12. The van der Waals surface area contributed by atoms with E-state index in [1.807, 2.05) is 4.90 Å². The molecule has 8 heteroatoms. The number of nitrogens with zero attached hydrogens (tertiary/aromatic N) is 2. The van der Waals surface area contributed by atoms with Gasteiger partial charge in [-0.15, -0.1) is 0 Å². The minimum atomic E-state index is -3.23. The molecule has 0 spiro atoms. The minimum absolute atomic E-state index is 0.0526. The monoisotopic (exact) mass is 458 g/mol. The van der Waals surface area contributed by atoms with Crippen LogP contribution in [0.25, 0.3) is 10.2 Å². The first-order valence-corrected chi connectivity index (χ1v) is 13.0. The van der Waals surface area contributed by atoms with Gasteiger partial charge in [0.15, 0.2) is 9.84 Å². The molecule has 3 aromatic rings. The first-order valence-electron chi connectivity index (χ1n) is 10.3. The van der Waals surface area contributed by atoms with Gasteiger partial charge in [-0.3, -0.25) is 4.79 Å². The zero-order valence-electron chi connectivity index (χ0n) is 17.9. The lowest BCUT2D eigenvalue weighted by atomic mass is 10.1. The summed E-state index contributed by atoms with van der Waals surface area (Å²) in [5, 5.41) is 0.697. The molecule has 0 atom stereocenters. The topological polar surface area (TPSA) is 76.6 Å². The number of sulfone groups is 1. The third kappa shape index (κ3) is 4.91. The molecule has 6 nitrogen and oxygen atoms in total. The smallest absolute Gasteiger partial charge is 0.274 e. The van der Waals surface area contributed by atoms with E-state index >= 15 is 0 Å². The van der Waals surface area contributed by atoms with Crippen LogP contribution in [0.1, 0.15) is 29.5 Å². The van der Waals surface area contributed by atoms with Gasteiger partial charge in [-0.05, 0) is 42.7 Å². The molecule has 31 heavy (non-hydrogen) atoms. The number of ether oxygens (including phenoxy) is 1. The molecule has 0 saturated carbocycles. The number of benzene rings is 2. The van der Waals surface area contributed by atoms with Crippen LogP contribution < -0.4 is 4.74 Å². The Kier molecular flexibility index (Phi) is 6.03. The third-order valence-corrected chi connectivity index (χ3v) is 7.90. The Balaban J connectivity index is 1.33. The van der Waals surface area contributed by atoms with Crippen molar-refractivity contribution in [3.8, 4) is 5.19 Å². The van der Waals surface area contributed by atoms with Crippen LogP contribution in [0, 0.1) is 13.8 Å². The lowest BCUT2D eigenvalue weighted by Gasteiger charge is -2.31. The van der Waals surface area contributed by atoms with Gasteiger partial charge in [0.1, 0.15) is 6.10 Å². The highest BCUT2D eigenvalue weighted by molar-refractivity contribution is 7.90. The van der Waals surface area contributed by atoms with E-state index < -0.39 is 9.84 Å². The van der Waals surface area contributed by atoms with Crippen molar-refractivity contribution in [2.75, 3.05) is 19.3 Å². The van der Waals surface area contributed by atoms with Gasteiger partial charge in [-0.25, -0.2) is 13.4 Å². The minimum Gasteiger partial charge on any atom is -0.467 e. The molecule has 1 aliphatic rings. The number of fused-ring (bicyclic) bond motifs is 1. The van der Waals surface area contributed by atoms with Crippen LogP contribution in [0.4, 0.5) is 0 Å². The molecule has 4 rings (SSSR count). The maximum atomic E-state index is 12.7. The molecular weight excluding hydrogens is 432 g/mol. The Hall–Kier alpha value is -2.45. The number of rotatable bonds is 5. The molecule has 164 valence electrons. The molecule has 0 radical (unpaired) electrons. The van der Waals surface area contributed by atoms with Crippen molar-refractivity contribution in [3.05, 3.63) is 53.1 Å². The van der Waals surface area contributed by atoms with Crippen molar-refractivity contribution < 1.29 is 17.9 Å². The zero-order chi connectivity index (χ0) is 22.2. The summed E-state index contributed by atoms with van der Waals surface area (Å²) >= 11 is 1.59. The van der Waals surface area contributed by atoms with Crippen LogP contribution in [-0.2, 0) is 21.1 Å². The Bertz CT molecular complexity index is 1170. The molecule has 1 amide bonds. The Morgan fingerprint density at radius 3 is 2.35 bits per heavy atom. The summed E-state index contributed by atoms with van der Waals surface area (Å²) < 4.78 is 30.5. The normalized spacial score (nSPS) is 15.4. The fraction of sp³-hybridized carbons (Fsp3) is 0.391. The molecule has 0 N–H and O–H groups in total. The predicted octanol–water partition coefficient (Wildman–Crippen LogP) is 3.93. The van der Waals surface area contributed by atoms with Crippen LogP contribution in [0.5, 0.6) is 5.19 Å². The number of amides is 1. The molecule has 0 aliphatic carbocycles. The van der Waals surface area contributed by atoms with Crippen molar-refractivity contribution in [1.82, 2.24) is 9.88 Å². The number of piperidine rings is 1. The van der Waals surface area contributed by atoms with Crippen LogP contribution in [0.15, 0.2) is 41.3 Å². The number of carbonyl (C=O) groups excluding carboxylic acids is 1. The summed E-state index contributed by atoms with van der Waals surface area (Å²) in [7, 11) is -3.23. The molecule has 1 fully saturated rings. The number of aromatic nitrogens is 1. The second kappa shape index (κ2) is 8.59. The van der Waals surface area contributed by atoms with Crippen molar-refractivity contribution in [3.63, 3.8) is 0 Å². The lowest BCUT2D eigenvalue weighted by molar-refractivity contribution is -0.132. The van der Waals surface area contributed by atoms with Gasteiger partial charge in [0, 0.05) is 32.2 Å². The van der Waals surface area contributed by atoms with Gasteiger partial charge in [0.25, 0.3) is 5.19 Å². The van der Waals surface area contributed by atoms with Gasteiger partial charge in [-0.1, -0.05) is 35.6 Å². The molecule has 1 aliphatic heterocycles. The maximum Gasteiger partial charge on any atom is 0.274 e. The predicted molar refractivity (Wildman–Crippen MR) is 123 cm³/mol. The summed E-state index contributed by atoms with van der Waals surface area (Å²) in [5.41, 5.74) is 4.18. The first-order chi connectivity index (χ1) is 14.7. The summed E-state index contributed by atoms with van der Waals surface area (Å²) in [6.07, 6.45) is 3.04. The quantitative estimate of drug-likeness (QED) is 0.579. The molecule has 2 aromatic carbocycles. The fourth-order valence-electron chi connectivity index (χ4n) is 3.80. The average Bonchev–Trinajstić information content (AvgIpc) is 3.16. The van der Waals surface area contributed by atoms with Gasteiger partial charge in [0.05, 0.1) is 21.5 Å². The zero-order valence-corrected chi connectivity index (χ0v) is 19.6. The molecule has 0 bridgehead atoms. The number of carbonyl (C=O) groups is 1. The average molecular weight is 459 g/mol. The maximum absolute atomic E-state index is 12.7. The van der Waals surface area contributed by atoms with E-state index in [1.165, 1.54) is 16.5 Å². The molecule has 1 aromatic heterocycles. The van der Waals surface area contributed by atoms with E-state index in [0.717, 1.165) is 29.5 Å². The van der Waals surface area contributed by atoms with Crippen molar-refractivity contribution in [1.29, 1.82) is 0 Å². The van der Waals surface area contributed by atoms with Crippen molar-refractivity contribution >= 4 is 37.3 Å². The summed E-state index contributed by atoms with van der Waals surface area (Å²) in [6, 6.07) is 10.7.